The Kier molecular flexibility index (Phi) is 3.84. The predicted octanol–water partition coefficient (Wildman–Crippen LogP) is 1.33. The molecule has 2 unspecified atom stereocenters. The Labute approximate surface area is 104 Å². The maximum Gasteiger partial charge on any atom is 0.0540 e. The Balaban J connectivity index is 2.27. The third-order valence-electron chi connectivity index (χ3n) is 4.09. The van der Waals surface area contributed by atoms with Gasteiger partial charge in [-0.2, -0.15) is 5.10 Å². The average Bonchev–Trinajstić information content (AvgIpc) is 2.85. The van der Waals surface area contributed by atoms with Crippen LogP contribution in [0.4, 0.5) is 0 Å². The Bertz CT molecular complexity index is 371. The Hall–Kier alpha value is -0.870. The molecule has 0 aromatic carbocycles. The Morgan fingerprint density at radius 2 is 2.29 bits per heavy atom. The molecule has 0 bridgehead atoms. The molecule has 1 aromatic heterocycles. The molecule has 2 heterocycles. The molecule has 2 rings (SSSR count). The summed E-state index contributed by atoms with van der Waals surface area (Å²) in [5, 5.41) is 7.72. The van der Waals surface area contributed by atoms with Gasteiger partial charge in [-0.05, 0) is 45.9 Å². The van der Waals surface area contributed by atoms with Crippen molar-refractivity contribution in [2.24, 2.45) is 13.0 Å². The van der Waals surface area contributed by atoms with Crippen LogP contribution in [0, 0.1) is 12.8 Å². The highest BCUT2D eigenvalue weighted by Crippen LogP contribution is 2.37. The lowest BCUT2D eigenvalue weighted by Crippen LogP contribution is -2.29. The first-order valence-corrected chi connectivity index (χ1v) is 6.56. The molecule has 1 saturated heterocycles. The molecule has 4 heteroatoms. The lowest BCUT2D eigenvalue weighted by atomic mass is 9.94. The first-order valence-electron chi connectivity index (χ1n) is 6.56. The molecule has 1 aliphatic heterocycles. The zero-order valence-corrected chi connectivity index (χ0v) is 11.4. The van der Waals surface area contributed by atoms with Crippen molar-refractivity contribution < 1.29 is 0 Å². The minimum Gasteiger partial charge on any atom is -0.319 e. The second-order valence-corrected chi connectivity index (χ2v) is 4.99. The number of aryl methyl sites for hydroxylation is 1. The lowest BCUT2D eigenvalue weighted by molar-refractivity contribution is 0.237. The molecule has 1 aliphatic rings. The van der Waals surface area contributed by atoms with Crippen LogP contribution in [-0.2, 0) is 7.05 Å². The highest BCUT2D eigenvalue weighted by molar-refractivity contribution is 5.23. The van der Waals surface area contributed by atoms with Crippen molar-refractivity contribution in [1.29, 1.82) is 0 Å². The van der Waals surface area contributed by atoms with Gasteiger partial charge in [0.05, 0.1) is 6.20 Å². The molecule has 96 valence electrons. The molecule has 17 heavy (non-hydrogen) atoms. The van der Waals surface area contributed by atoms with Gasteiger partial charge in [0, 0.05) is 24.3 Å². The summed E-state index contributed by atoms with van der Waals surface area (Å²) >= 11 is 0. The third-order valence-corrected chi connectivity index (χ3v) is 4.09. The number of nitrogens with one attached hydrogen (secondary N) is 1. The smallest absolute Gasteiger partial charge is 0.0540 e. The quantitative estimate of drug-likeness (QED) is 0.856. The van der Waals surface area contributed by atoms with Crippen molar-refractivity contribution in [3.63, 3.8) is 0 Å². The fourth-order valence-electron chi connectivity index (χ4n) is 3.01. The molecular weight excluding hydrogens is 212 g/mol. The minimum absolute atomic E-state index is 0.543. The topological polar surface area (TPSA) is 33.1 Å². The Morgan fingerprint density at radius 1 is 1.53 bits per heavy atom. The summed E-state index contributed by atoms with van der Waals surface area (Å²) in [5.41, 5.74) is 2.71. The minimum atomic E-state index is 0.543. The molecule has 4 nitrogen and oxygen atoms in total. The van der Waals surface area contributed by atoms with E-state index in [9.17, 15) is 0 Å². The summed E-state index contributed by atoms with van der Waals surface area (Å²) in [4.78, 5) is 2.58. The first kappa shape index (κ1) is 12.6. The third kappa shape index (κ3) is 2.24. The van der Waals surface area contributed by atoms with Gasteiger partial charge < -0.3 is 5.32 Å². The van der Waals surface area contributed by atoms with E-state index < -0.39 is 0 Å². The largest absolute Gasteiger partial charge is 0.319 e. The standard InChI is InChI=1S/C13H24N4/c1-5-17-7-6-11(8-14-3)13(17)12-9-15-16(4)10(12)2/h9,11,13-14H,5-8H2,1-4H3. The van der Waals surface area contributed by atoms with E-state index in [2.05, 4.69) is 35.4 Å². The van der Waals surface area contributed by atoms with E-state index in [1.54, 1.807) is 0 Å². The first-order chi connectivity index (χ1) is 8.19. The van der Waals surface area contributed by atoms with Crippen molar-refractivity contribution in [2.75, 3.05) is 26.7 Å². The van der Waals surface area contributed by atoms with E-state index in [0.717, 1.165) is 13.1 Å². The molecule has 0 radical (unpaired) electrons. The van der Waals surface area contributed by atoms with Crippen molar-refractivity contribution in [1.82, 2.24) is 20.0 Å². The molecular formula is C13H24N4. The molecule has 2 atom stereocenters. The van der Waals surface area contributed by atoms with Gasteiger partial charge in [-0.15, -0.1) is 0 Å². The van der Waals surface area contributed by atoms with Gasteiger partial charge >= 0.3 is 0 Å². The summed E-state index contributed by atoms with van der Waals surface area (Å²) < 4.78 is 1.98. The van der Waals surface area contributed by atoms with Crippen LogP contribution in [0.5, 0.6) is 0 Å². The van der Waals surface area contributed by atoms with E-state index in [4.69, 9.17) is 0 Å². The number of hydrogen-bond acceptors (Lipinski definition) is 3. The fourth-order valence-corrected chi connectivity index (χ4v) is 3.01. The van der Waals surface area contributed by atoms with Crippen LogP contribution in [0.1, 0.15) is 30.6 Å². The van der Waals surface area contributed by atoms with Gasteiger partial charge in [0.1, 0.15) is 0 Å². The average molecular weight is 236 g/mol. The van der Waals surface area contributed by atoms with E-state index in [1.807, 2.05) is 18.8 Å². The monoisotopic (exact) mass is 236 g/mol. The molecule has 0 aliphatic carbocycles. The van der Waals surface area contributed by atoms with E-state index in [-0.39, 0.29) is 0 Å². The SMILES string of the molecule is CCN1CCC(CNC)C1c1cnn(C)c1C. The number of hydrogen-bond donors (Lipinski definition) is 1. The van der Waals surface area contributed by atoms with Gasteiger partial charge in [-0.1, -0.05) is 6.92 Å². The highest BCUT2D eigenvalue weighted by Gasteiger charge is 2.35. The second kappa shape index (κ2) is 5.19. The highest BCUT2D eigenvalue weighted by atomic mass is 15.3. The summed E-state index contributed by atoms with van der Waals surface area (Å²) in [7, 11) is 4.07. The second-order valence-electron chi connectivity index (χ2n) is 4.99. The molecule has 0 amide bonds. The van der Waals surface area contributed by atoms with Gasteiger partial charge in [0.2, 0.25) is 0 Å². The van der Waals surface area contributed by atoms with Crippen LogP contribution in [0.15, 0.2) is 6.20 Å². The van der Waals surface area contributed by atoms with Gasteiger partial charge in [0.25, 0.3) is 0 Å². The van der Waals surface area contributed by atoms with Gasteiger partial charge in [-0.25, -0.2) is 0 Å². The zero-order valence-electron chi connectivity index (χ0n) is 11.4. The molecule has 0 spiro atoms. The van der Waals surface area contributed by atoms with Crippen LogP contribution in [-0.4, -0.2) is 41.4 Å². The summed E-state index contributed by atoms with van der Waals surface area (Å²) in [6.07, 6.45) is 3.34. The van der Waals surface area contributed by atoms with E-state index in [1.165, 1.54) is 24.2 Å². The maximum absolute atomic E-state index is 4.39. The van der Waals surface area contributed by atoms with Crippen LogP contribution in [0.3, 0.4) is 0 Å². The van der Waals surface area contributed by atoms with Gasteiger partial charge in [-0.3, -0.25) is 9.58 Å². The molecule has 0 saturated carbocycles. The van der Waals surface area contributed by atoms with E-state index in [0.29, 0.717) is 12.0 Å². The van der Waals surface area contributed by atoms with Crippen LogP contribution in [0.2, 0.25) is 0 Å². The van der Waals surface area contributed by atoms with Crippen LogP contribution in [0.25, 0.3) is 0 Å². The Morgan fingerprint density at radius 3 is 2.82 bits per heavy atom. The molecule has 1 fully saturated rings. The van der Waals surface area contributed by atoms with E-state index >= 15 is 0 Å². The van der Waals surface area contributed by atoms with Crippen molar-refractivity contribution in [2.45, 2.75) is 26.3 Å². The number of nitrogens with zero attached hydrogens (tertiary/aromatic N) is 3. The number of aromatic nitrogens is 2. The summed E-state index contributed by atoms with van der Waals surface area (Å²) in [6.45, 7) is 7.85. The van der Waals surface area contributed by atoms with Crippen molar-refractivity contribution in [3.05, 3.63) is 17.5 Å². The molecule has 1 aromatic rings. The fraction of sp³-hybridized carbons (Fsp3) is 0.769. The number of likely N-dealkylation sites (tertiary alicyclic amines) is 1. The maximum atomic E-state index is 4.39. The zero-order chi connectivity index (χ0) is 12.4. The normalized spacial score (nSPS) is 25.6. The summed E-state index contributed by atoms with van der Waals surface area (Å²) in [6, 6.07) is 0.543. The van der Waals surface area contributed by atoms with Crippen LogP contribution >= 0.6 is 0 Å². The van der Waals surface area contributed by atoms with Crippen LogP contribution < -0.4 is 5.32 Å². The van der Waals surface area contributed by atoms with Gasteiger partial charge in [0.15, 0.2) is 0 Å². The van der Waals surface area contributed by atoms with Crippen molar-refractivity contribution >= 4 is 0 Å². The number of rotatable bonds is 4. The lowest BCUT2D eigenvalue weighted by Gasteiger charge is -2.27. The van der Waals surface area contributed by atoms with Crippen molar-refractivity contribution in [3.8, 4) is 0 Å². The predicted molar refractivity (Wildman–Crippen MR) is 70.0 cm³/mol. The summed E-state index contributed by atoms with van der Waals surface area (Å²) in [5.74, 6) is 0.711. The molecule has 1 N–H and O–H groups in total.